The molecule has 5 heterocycles. The highest BCUT2D eigenvalue weighted by Crippen LogP contribution is 2.48. The number of benzene rings is 2. The summed E-state index contributed by atoms with van der Waals surface area (Å²) in [4.78, 5) is 28.0. The molecule has 3 aliphatic heterocycles. The van der Waals surface area contributed by atoms with Crippen molar-refractivity contribution in [3.8, 4) is 17.3 Å². The van der Waals surface area contributed by atoms with E-state index < -0.39 is 11.4 Å². The first kappa shape index (κ1) is 26.4. The molecule has 9 nitrogen and oxygen atoms in total. The first-order valence-corrected chi connectivity index (χ1v) is 14.9. The fourth-order valence-electron chi connectivity index (χ4n) is 6.57. The fourth-order valence-corrected chi connectivity index (χ4v) is 7.43. The molecule has 1 aliphatic carbocycles. The lowest BCUT2D eigenvalue weighted by Crippen LogP contribution is -2.74. The van der Waals surface area contributed by atoms with Crippen LogP contribution in [0.1, 0.15) is 29.0 Å². The zero-order valence-corrected chi connectivity index (χ0v) is 24.0. The van der Waals surface area contributed by atoms with Crippen LogP contribution in [-0.2, 0) is 22.7 Å². The Morgan fingerprint density at radius 1 is 1.12 bits per heavy atom. The van der Waals surface area contributed by atoms with Crippen LogP contribution in [0.4, 0.5) is 25.3 Å². The predicted molar refractivity (Wildman–Crippen MR) is 156 cm³/mol. The molecule has 12 heteroatoms. The maximum Gasteiger partial charge on any atom is 0.254 e. The molecular formula is C31H26F2N6O3S. The number of fused-ring (bicyclic) bond motifs is 2. The monoisotopic (exact) mass is 600 g/mol. The number of carbonyl (C=O) groups is 1. The molecule has 1 saturated carbocycles. The first-order chi connectivity index (χ1) is 20.7. The highest BCUT2D eigenvalue weighted by atomic mass is 32.1. The zero-order chi connectivity index (χ0) is 29.7. The first-order valence-electron chi connectivity index (χ1n) is 14.1. The van der Waals surface area contributed by atoms with Crippen molar-refractivity contribution in [1.29, 1.82) is 5.26 Å². The lowest BCUT2D eigenvalue weighted by atomic mass is 9.72. The second-order valence-electron chi connectivity index (χ2n) is 12.1. The summed E-state index contributed by atoms with van der Waals surface area (Å²) in [5, 5.41) is 21.2. The van der Waals surface area contributed by atoms with Crippen LogP contribution < -0.4 is 9.80 Å². The Kier molecular flexibility index (Phi) is 5.63. The lowest BCUT2D eigenvalue weighted by molar-refractivity contribution is -0.156. The van der Waals surface area contributed by atoms with Gasteiger partial charge in [-0.1, -0.05) is 11.3 Å². The van der Waals surface area contributed by atoms with E-state index in [1.54, 1.807) is 17.0 Å². The number of hydrogen-bond donors (Lipinski definition) is 1. The summed E-state index contributed by atoms with van der Waals surface area (Å²) in [5.41, 5.74) is 3.07. The number of nitrogens with zero attached hydrogens (tertiary/aromatic N) is 6. The molecule has 8 rings (SSSR count). The van der Waals surface area contributed by atoms with Crippen molar-refractivity contribution in [2.75, 3.05) is 43.0 Å². The number of pyridine rings is 1. The van der Waals surface area contributed by atoms with Crippen LogP contribution in [0.15, 0.2) is 36.4 Å². The Labute approximate surface area is 249 Å². The molecule has 0 radical (unpaired) electrons. The van der Waals surface area contributed by atoms with Gasteiger partial charge in [-0.2, -0.15) is 5.26 Å². The zero-order valence-electron chi connectivity index (χ0n) is 23.2. The van der Waals surface area contributed by atoms with Crippen LogP contribution in [0.2, 0.25) is 0 Å². The van der Waals surface area contributed by atoms with Gasteiger partial charge < -0.3 is 24.5 Å². The minimum absolute atomic E-state index is 0.0403. The number of thiazole rings is 1. The standard InChI is InChI=1S/C31H26F2N6O3S/c1-37(29-36-25(24(10-34)43-29)17-2-4-18(32)5-3-17)27-20-8-19(9-22(33)26(20)35-23-12-42-11-21(23)27)38-13-30(14-38)15-39(16-30)28(40)31(41)6-7-31/h2-5,8-9,41H,6-7,11-16H2,1H3. The number of aromatic nitrogens is 2. The van der Waals surface area contributed by atoms with E-state index in [0.717, 1.165) is 16.9 Å². The third-order valence-electron chi connectivity index (χ3n) is 9.01. The molecule has 0 bridgehead atoms. The van der Waals surface area contributed by atoms with Crippen molar-refractivity contribution in [3.63, 3.8) is 0 Å². The summed E-state index contributed by atoms with van der Waals surface area (Å²) < 4.78 is 35.0. The predicted octanol–water partition coefficient (Wildman–Crippen LogP) is 4.48. The van der Waals surface area contributed by atoms with Gasteiger partial charge in [0.15, 0.2) is 10.9 Å². The van der Waals surface area contributed by atoms with Crippen molar-refractivity contribution >= 4 is 44.7 Å². The van der Waals surface area contributed by atoms with Crippen LogP contribution in [0.25, 0.3) is 22.2 Å². The number of anilines is 3. The molecule has 4 aromatic rings. The fraction of sp³-hybridized carbons (Fsp3) is 0.355. The van der Waals surface area contributed by atoms with E-state index >= 15 is 4.39 Å². The molecule has 1 amide bonds. The van der Waals surface area contributed by atoms with Gasteiger partial charge >= 0.3 is 0 Å². The SMILES string of the molecule is CN(c1nc(-c2ccc(F)cc2)c(C#N)s1)c1c2c(nc3c(F)cc(N4CC5(CN(C(=O)C6(O)CC6)C5)C4)cc13)COC2. The molecule has 2 aromatic carbocycles. The van der Waals surface area contributed by atoms with Crippen molar-refractivity contribution in [3.05, 3.63) is 64.2 Å². The van der Waals surface area contributed by atoms with Gasteiger partial charge in [0.25, 0.3) is 5.91 Å². The molecule has 1 spiro atoms. The van der Waals surface area contributed by atoms with Gasteiger partial charge in [-0.3, -0.25) is 4.79 Å². The Bertz CT molecular complexity index is 1870. The Morgan fingerprint density at radius 2 is 1.86 bits per heavy atom. The van der Waals surface area contributed by atoms with E-state index in [4.69, 9.17) is 9.72 Å². The molecule has 2 saturated heterocycles. The van der Waals surface area contributed by atoms with Gasteiger partial charge in [-0.05, 0) is 49.2 Å². The Morgan fingerprint density at radius 3 is 2.56 bits per heavy atom. The number of nitriles is 1. The Balaban J connectivity index is 1.13. The van der Waals surface area contributed by atoms with E-state index in [-0.39, 0.29) is 29.3 Å². The minimum atomic E-state index is -1.16. The Hall–Kier alpha value is -4.18. The summed E-state index contributed by atoms with van der Waals surface area (Å²) in [6.07, 6.45) is 1.06. The number of likely N-dealkylation sites (tertiary alicyclic amines) is 1. The van der Waals surface area contributed by atoms with Crippen molar-refractivity contribution in [2.24, 2.45) is 5.41 Å². The van der Waals surface area contributed by atoms with Crippen LogP contribution in [-0.4, -0.2) is 64.7 Å². The minimum Gasteiger partial charge on any atom is -0.380 e. The van der Waals surface area contributed by atoms with E-state index in [1.807, 2.05) is 18.0 Å². The third-order valence-corrected chi connectivity index (χ3v) is 10.0. The van der Waals surface area contributed by atoms with E-state index in [9.17, 15) is 19.6 Å². The third kappa shape index (κ3) is 4.10. The number of aliphatic hydroxyl groups is 1. The summed E-state index contributed by atoms with van der Waals surface area (Å²) >= 11 is 1.21. The van der Waals surface area contributed by atoms with E-state index in [2.05, 4.69) is 16.0 Å². The molecule has 2 aromatic heterocycles. The maximum atomic E-state index is 15.7. The number of hydrogen-bond acceptors (Lipinski definition) is 9. The van der Waals surface area contributed by atoms with Crippen molar-refractivity contribution < 1.29 is 23.4 Å². The molecule has 4 aliphatic rings. The molecule has 0 unspecified atom stereocenters. The average molecular weight is 601 g/mol. The van der Waals surface area contributed by atoms with E-state index in [1.165, 1.54) is 29.5 Å². The summed E-state index contributed by atoms with van der Waals surface area (Å²) in [5.74, 6) is -0.991. The number of halogens is 2. The van der Waals surface area contributed by atoms with Crippen molar-refractivity contribution in [2.45, 2.75) is 31.7 Å². The number of carbonyl (C=O) groups excluding carboxylic acids is 1. The van der Waals surface area contributed by atoms with Crippen LogP contribution in [0.3, 0.4) is 0 Å². The summed E-state index contributed by atoms with van der Waals surface area (Å²) in [6.45, 7) is 3.16. The molecule has 0 atom stereocenters. The second kappa shape index (κ2) is 9.16. The highest BCUT2D eigenvalue weighted by molar-refractivity contribution is 7.16. The number of ether oxygens (including phenoxy) is 1. The summed E-state index contributed by atoms with van der Waals surface area (Å²) in [7, 11) is 1.83. The molecular weight excluding hydrogens is 574 g/mol. The molecule has 218 valence electrons. The smallest absolute Gasteiger partial charge is 0.254 e. The normalized spacial score (nSPS) is 19.1. The van der Waals surface area contributed by atoms with Gasteiger partial charge in [0.1, 0.15) is 33.6 Å². The van der Waals surface area contributed by atoms with E-state index in [0.29, 0.717) is 78.0 Å². The van der Waals surface area contributed by atoms with Crippen LogP contribution in [0, 0.1) is 28.4 Å². The maximum absolute atomic E-state index is 15.7. The van der Waals surface area contributed by atoms with Gasteiger partial charge in [0.2, 0.25) is 0 Å². The average Bonchev–Trinajstić information content (AvgIpc) is 3.34. The van der Waals surface area contributed by atoms with Crippen LogP contribution >= 0.6 is 11.3 Å². The number of rotatable bonds is 5. The summed E-state index contributed by atoms with van der Waals surface area (Å²) in [6, 6.07) is 11.5. The van der Waals surface area contributed by atoms with Gasteiger partial charge in [-0.25, -0.2) is 18.7 Å². The van der Waals surface area contributed by atoms with Crippen LogP contribution in [0.5, 0.6) is 0 Å². The largest absolute Gasteiger partial charge is 0.380 e. The van der Waals surface area contributed by atoms with Gasteiger partial charge in [0, 0.05) is 60.8 Å². The van der Waals surface area contributed by atoms with Gasteiger partial charge in [0.05, 0.1) is 24.6 Å². The lowest BCUT2D eigenvalue weighted by Gasteiger charge is -2.61. The molecule has 1 N–H and O–H groups in total. The second-order valence-corrected chi connectivity index (χ2v) is 13.1. The quantitative estimate of drug-likeness (QED) is 0.358. The number of amides is 1. The van der Waals surface area contributed by atoms with Crippen molar-refractivity contribution in [1.82, 2.24) is 14.9 Å². The highest BCUT2D eigenvalue weighted by Gasteiger charge is 2.58. The topological polar surface area (TPSA) is 106 Å². The van der Waals surface area contributed by atoms with Gasteiger partial charge in [-0.15, -0.1) is 0 Å². The molecule has 3 fully saturated rings. The molecule has 43 heavy (non-hydrogen) atoms.